The molecular weight excluding hydrogens is 408 g/mol. The van der Waals surface area contributed by atoms with Gasteiger partial charge in [0.1, 0.15) is 17.9 Å². The second-order valence-corrected chi connectivity index (χ2v) is 8.11. The zero-order valence-electron chi connectivity index (χ0n) is 19.1. The molecule has 1 aliphatic rings. The SMILES string of the molecule is COc1ccc(-c2c(C)c3ccc(OCCN4CCN(C)CC4)cc3oc2=O)cc1OC. The van der Waals surface area contributed by atoms with Gasteiger partial charge in [-0.15, -0.1) is 0 Å². The van der Waals surface area contributed by atoms with E-state index in [2.05, 4.69) is 16.8 Å². The molecule has 1 saturated heterocycles. The van der Waals surface area contributed by atoms with E-state index in [1.807, 2.05) is 25.1 Å². The molecule has 7 nitrogen and oxygen atoms in total. The average molecular weight is 439 g/mol. The molecule has 2 aromatic carbocycles. The van der Waals surface area contributed by atoms with Crippen molar-refractivity contribution in [2.24, 2.45) is 0 Å². The standard InChI is InChI=1S/C25H30N2O5/c1-17-20-7-6-19(31-14-13-27-11-9-26(2)10-12-27)16-22(20)32-25(28)24(17)18-5-8-21(29-3)23(15-18)30-4/h5-8,15-16H,9-14H2,1-4H3. The summed E-state index contributed by atoms with van der Waals surface area (Å²) in [5, 5.41) is 0.876. The summed E-state index contributed by atoms with van der Waals surface area (Å²) in [5.74, 6) is 1.87. The third kappa shape index (κ3) is 4.59. The maximum absolute atomic E-state index is 12.9. The first kappa shape index (κ1) is 22.2. The van der Waals surface area contributed by atoms with Gasteiger partial charge in [-0.05, 0) is 49.4 Å². The van der Waals surface area contributed by atoms with E-state index in [9.17, 15) is 4.79 Å². The number of methoxy groups -OCH3 is 2. The first-order valence-electron chi connectivity index (χ1n) is 10.8. The number of fused-ring (bicyclic) bond motifs is 1. The molecule has 3 aromatic rings. The molecule has 0 N–H and O–H groups in total. The molecule has 1 aliphatic heterocycles. The Labute approximate surface area is 188 Å². The quantitative estimate of drug-likeness (QED) is 0.524. The molecule has 0 unspecified atom stereocenters. The van der Waals surface area contributed by atoms with E-state index in [1.165, 1.54) is 0 Å². The number of rotatable bonds is 7. The van der Waals surface area contributed by atoms with Crippen LogP contribution < -0.4 is 19.8 Å². The van der Waals surface area contributed by atoms with Gasteiger partial charge in [-0.1, -0.05) is 6.07 Å². The van der Waals surface area contributed by atoms with Crippen LogP contribution in [0.5, 0.6) is 17.2 Å². The lowest BCUT2D eigenvalue weighted by Gasteiger charge is -2.32. The second-order valence-electron chi connectivity index (χ2n) is 8.11. The van der Waals surface area contributed by atoms with Crippen LogP contribution in [0.4, 0.5) is 0 Å². The number of piperazine rings is 1. The smallest absolute Gasteiger partial charge is 0.344 e. The Morgan fingerprint density at radius 1 is 0.969 bits per heavy atom. The van der Waals surface area contributed by atoms with Crippen LogP contribution in [0.2, 0.25) is 0 Å². The zero-order valence-corrected chi connectivity index (χ0v) is 19.1. The number of aryl methyl sites for hydroxylation is 1. The summed E-state index contributed by atoms with van der Waals surface area (Å²) < 4.78 is 22.3. The Balaban J connectivity index is 1.55. The lowest BCUT2D eigenvalue weighted by molar-refractivity contribution is 0.134. The highest BCUT2D eigenvalue weighted by atomic mass is 16.5. The number of nitrogens with zero attached hydrogens (tertiary/aromatic N) is 2. The lowest BCUT2D eigenvalue weighted by Crippen LogP contribution is -2.45. The van der Waals surface area contributed by atoms with Crippen molar-refractivity contribution in [3.63, 3.8) is 0 Å². The summed E-state index contributed by atoms with van der Waals surface area (Å²) in [6, 6.07) is 11.1. The second kappa shape index (κ2) is 9.63. The minimum Gasteiger partial charge on any atom is -0.493 e. The Hall–Kier alpha value is -3.03. The van der Waals surface area contributed by atoms with Crippen LogP contribution in [0.1, 0.15) is 5.56 Å². The van der Waals surface area contributed by atoms with Gasteiger partial charge >= 0.3 is 5.63 Å². The number of benzene rings is 2. The summed E-state index contributed by atoms with van der Waals surface area (Å²) >= 11 is 0. The summed E-state index contributed by atoms with van der Waals surface area (Å²) in [6.07, 6.45) is 0. The van der Waals surface area contributed by atoms with Gasteiger partial charge in [0.05, 0.1) is 19.8 Å². The van der Waals surface area contributed by atoms with Crippen LogP contribution in [0.15, 0.2) is 45.6 Å². The predicted molar refractivity (Wildman–Crippen MR) is 125 cm³/mol. The van der Waals surface area contributed by atoms with Crippen molar-refractivity contribution in [2.45, 2.75) is 6.92 Å². The molecule has 32 heavy (non-hydrogen) atoms. The molecule has 1 aromatic heterocycles. The largest absolute Gasteiger partial charge is 0.493 e. The molecule has 2 heterocycles. The number of likely N-dealkylation sites (N-methyl/N-ethyl adjacent to an activating group) is 1. The number of hydrogen-bond acceptors (Lipinski definition) is 7. The fraction of sp³-hybridized carbons (Fsp3) is 0.400. The summed E-state index contributed by atoms with van der Waals surface area (Å²) in [7, 11) is 5.30. The van der Waals surface area contributed by atoms with Crippen LogP contribution in [-0.2, 0) is 0 Å². The van der Waals surface area contributed by atoms with Gasteiger partial charge in [-0.25, -0.2) is 4.79 Å². The molecular formula is C25H30N2O5. The molecule has 0 saturated carbocycles. The van der Waals surface area contributed by atoms with Crippen LogP contribution in [0.3, 0.4) is 0 Å². The van der Waals surface area contributed by atoms with Gasteiger partial charge in [0.2, 0.25) is 0 Å². The van der Waals surface area contributed by atoms with Crippen molar-refractivity contribution in [2.75, 3.05) is 60.6 Å². The molecule has 7 heteroatoms. The maximum Gasteiger partial charge on any atom is 0.344 e. The fourth-order valence-electron chi connectivity index (χ4n) is 4.12. The Morgan fingerprint density at radius 2 is 1.72 bits per heavy atom. The van der Waals surface area contributed by atoms with Gasteiger partial charge in [-0.2, -0.15) is 0 Å². The number of hydrogen-bond donors (Lipinski definition) is 0. The third-order valence-electron chi connectivity index (χ3n) is 6.08. The number of ether oxygens (including phenoxy) is 3. The van der Waals surface area contributed by atoms with E-state index in [1.54, 1.807) is 32.4 Å². The summed E-state index contributed by atoms with van der Waals surface area (Å²) in [6.45, 7) is 7.70. The van der Waals surface area contributed by atoms with E-state index in [0.717, 1.165) is 49.2 Å². The molecule has 0 aliphatic carbocycles. The molecule has 0 spiro atoms. The van der Waals surface area contributed by atoms with Crippen molar-refractivity contribution in [3.05, 3.63) is 52.4 Å². The van der Waals surface area contributed by atoms with Crippen LogP contribution in [-0.4, -0.2) is 70.4 Å². The van der Waals surface area contributed by atoms with Crippen molar-refractivity contribution < 1.29 is 18.6 Å². The monoisotopic (exact) mass is 438 g/mol. The first-order valence-corrected chi connectivity index (χ1v) is 10.8. The highest BCUT2D eigenvalue weighted by Gasteiger charge is 2.17. The third-order valence-corrected chi connectivity index (χ3v) is 6.08. The zero-order chi connectivity index (χ0) is 22.7. The van der Waals surface area contributed by atoms with Crippen molar-refractivity contribution >= 4 is 11.0 Å². The van der Waals surface area contributed by atoms with Gasteiger partial charge in [0.15, 0.2) is 11.5 Å². The normalized spacial score (nSPS) is 15.1. The van der Waals surface area contributed by atoms with Crippen LogP contribution in [0, 0.1) is 6.92 Å². The van der Waals surface area contributed by atoms with Crippen molar-refractivity contribution in [3.8, 4) is 28.4 Å². The van der Waals surface area contributed by atoms with Gasteiger partial charge in [0, 0.05) is 44.2 Å². The molecule has 4 rings (SSSR count). The minimum absolute atomic E-state index is 0.392. The molecule has 0 atom stereocenters. The van der Waals surface area contributed by atoms with Crippen LogP contribution >= 0.6 is 0 Å². The highest BCUT2D eigenvalue weighted by molar-refractivity contribution is 5.87. The highest BCUT2D eigenvalue weighted by Crippen LogP contribution is 2.34. The van der Waals surface area contributed by atoms with Crippen LogP contribution in [0.25, 0.3) is 22.1 Å². The molecule has 1 fully saturated rings. The van der Waals surface area contributed by atoms with Crippen molar-refractivity contribution in [1.29, 1.82) is 0 Å². The first-order chi connectivity index (χ1) is 15.5. The summed E-state index contributed by atoms with van der Waals surface area (Å²) in [4.78, 5) is 17.6. The minimum atomic E-state index is -0.392. The topological polar surface area (TPSA) is 64.4 Å². The predicted octanol–water partition coefficient (Wildman–Crippen LogP) is 3.41. The Morgan fingerprint density at radius 3 is 2.44 bits per heavy atom. The van der Waals surface area contributed by atoms with Gasteiger partial charge in [-0.3, -0.25) is 4.90 Å². The molecule has 170 valence electrons. The lowest BCUT2D eigenvalue weighted by atomic mass is 9.99. The van der Waals surface area contributed by atoms with E-state index in [-0.39, 0.29) is 0 Å². The van der Waals surface area contributed by atoms with Gasteiger partial charge < -0.3 is 23.5 Å². The van der Waals surface area contributed by atoms with E-state index in [4.69, 9.17) is 18.6 Å². The van der Waals surface area contributed by atoms with E-state index in [0.29, 0.717) is 35.0 Å². The molecule has 0 amide bonds. The average Bonchev–Trinajstić information content (AvgIpc) is 2.80. The molecule has 0 bridgehead atoms. The van der Waals surface area contributed by atoms with Gasteiger partial charge in [0.25, 0.3) is 0 Å². The summed E-state index contributed by atoms with van der Waals surface area (Å²) in [5.41, 5.74) is 2.23. The molecule has 0 radical (unpaired) electrons. The maximum atomic E-state index is 12.9. The Kier molecular flexibility index (Phi) is 6.67. The van der Waals surface area contributed by atoms with E-state index >= 15 is 0 Å². The Bertz CT molecular complexity index is 1150. The van der Waals surface area contributed by atoms with E-state index < -0.39 is 5.63 Å². The van der Waals surface area contributed by atoms with Crippen molar-refractivity contribution in [1.82, 2.24) is 9.80 Å². The fourth-order valence-corrected chi connectivity index (χ4v) is 4.12.